The predicted molar refractivity (Wildman–Crippen MR) is 80.1 cm³/mol. The molecule has 0 radical (unpaired) electrons. The van der Waals surface area contributed by atoms with Gasteiger partial charge in [0.1, 0.15) is 0 Å². The minimum atomic E-state index is 0.0414. The first-order valence-corrected chi connectivity index (χ1v) is 7.20. The van der Waals surface area contributed by atoms with Crippen molar-refractivity contribution in [2.45, 2.75) is 32.6 Å². The van der Waals surface area contributed by atoms with Gasteiger partial charge in [-0.1, -0.05) is 43.7 Å². The van der Waals surface area contributed by atoms with E-state index in [2.05, 4.69) is 22.8 Å². The summed E-state index contributed by atoms with van der Waals surface area (Å²) in [6, 6.07) is 10.2. The molecule has 0 spiro atoms. The van der Waals surface area contributed by atoms with Crippen LogP contribution in [0, 0.1) is 5.92 Å². The molecule has 1 aromatic rings. The zero-order chi connectivity index (χ0) is 13.9. The SMILES string of the molecule is CNCCCCCNC(=O)[C@H](C)Cc1ccccc1. The number of rotatable bonds is 9. The Morgan fingerprint density at radius 1 is 1.11 bits per heavy atom. The van der Waals surface area contributed by atoms with Crippen molar-refractivity contribution in [3.05, 3.63) is 35.9 Å². The van der Waals surface area contributed by atoms with Crippen molar-refractivity contribution in [2.24, 2.45) is 5.92 Å². The van der Waals surface area contributed by atoms with Crippen molar-refractivity contribution in [1.82, 2.24) is 10.6 Å². The second-order valence-electron chi connectivity index (χ2n) is 5.05. The quantitative estimate of drug-likeness (QED) is 0.671. The molecule has 3 nitrogen and oxygen atoms in total. The zero-order valence-corrected chi connectivity index (χ0v) is 12.1. The smallest absolute Gasteiger partial charge is 0.223 e. The Morgan fingerprint density at radius 3 is 2.47 bits per heavy atom. The van der Waals surface area contributed by atoms with E-state index in [1.165, 1.54) is 12.0 Å². The number of benzene rings is 1. The molecule has 0 heterocycles. The molecule has 0 saturated carbocycles. The van der Waals surface area contributed by atoms with Crippen LogP contribution >= 0.6 is 0 Å². The van der Waals surface area contributed by atoms with Crippen LogP contribution < -0.4 is 10.6 Å². The van der Waals surface area contributed by atoms with E-state index in [9.17, 15) is 4.79 Å². The first kappa shape index (κ1) is 15.7. The highest BCUT2D eigenvalue weighted by atomic mass is 16.1. The van der Waals surface area contributed by atoms with E-state index in [1.54, 1.807) is 0 Å². The van der Waals surface area contributed by atoms with E-state index in [4.69, 9.17) is 0 Å². The van der Waals surface area contributed by atoms with Crippen molar-refractivity contribution in [3.63, 3.8) is 0 Å². The molecule has 1 amide bonds. The van der Waals surface area contributed by atoms with Crippen molar-refractivity contribution in [1.29, 1.82) is 0 Å². The Labute approximate surface area is 116 Å². The summed E-state index contributed by atoms with van der Waals surface area (Å²) in [6.45, 7) is 3.84. The Hall–Kier alpha value is -1.35. The molecule has 1 aromatic carbocycles. The summed E-state index contributed by atoms with van der Waals surface area (Å²) in [6.07, 6.45) is 4.21. The number of unbranched alkanes of at least 4 members (excludes halogenated alkanes) is 2. The molecule has 0 aliphatic carbocycles. The Balaban J connectivity index is 2.15. The normalized spacial score (nSPS) is 12.1. The van der Waals surface area contributed by atoms with Gasteiger partial charge in [-0.3, -0.25) is 4.79 Å². The van der Waals surface area contributed by atoms with Gasteiger partial charge in [-0.2, -0.15) is 0 Å². The average Bonchev–Trinajstić information content (AvgIpc) is 2.43. The molecule has 19 heavy (non-hydrogen) atoms. The fourth-order valence-corrected chi connectivity index (χ4v) is 2.05. The molecule has 106 valence electrons. The van der Waals surface area contributed by atoms with Crippen LogP contribution in [0.2, 0.25) is 0 Å². The van der Waals surface area contributed by atoms with Crippen LogP contribution in [0.4, 0.5) is 0 Å². The largest absolute Gasteiger partial charge is 0.356 e. The third-order valence-electron chi connectivity index (χ3n) is 3.24. The molecule has 0 bridgehead atoms. The topological polar surface area (TPSA) is 41.1 Å². The fourth-order valence-electron chi connectivity index (χ4n) is 2.05. The summed E-state index contributed by atoms with van der Waals surface area (Å²) >= 11 is 0. The molecular weight excluding hydrogens is 236 g/mol. The molecule has 3 heteroatoms. The number of nitrogens with one attached hydrogen (secondary N) is 2. The summed E-state index contributed by atoms with van der Waals surface area (Å²) < 4.78 is 0. The van der Waals surface area contributed by atoms with Crippen molar-refractivity contribution < 1.29 is 4.79 Å². The van der Waals surface area contributed by atoms with E-state index < -0.39 is 0 Å². The van der Waals surface area contributed by atoms with Gasteiger partial charge < -0.3 is 10.6 Å². The molecule has 2 N–H and O–H groups in total. The van der Waals surface area contributed by atoms with E-state index in [1.807, 2.05) is 32.2 Å². The Bertz CT molecular complexity index is 351. The van der Waals surface area contributed by atoms with Gasteiger partial charge in [-0.15, -0.1) is 0 Å². The molecule has 0 fully saturated rings. The van der Waals surface area contributed by atoms with E-state index in [0.29, 0.717) is 0 Å². The molecule has 0 aliphatic heterocycles. The van der Waals surface area contributed by atoms with Crippen LogP contribution in [-0.4, -0.2) is 26.0 Å². The Kier molecular flexibility index (Phi) is 7.91. The molecule has 0 aromatic heterocycles. The number of hydrogen-bond donors (Lipinski definition) is 2. The number of carbonyl (C=O) groups is 1. The van der Waals surface area contributed by atoms with E-state index in [-0.39, 0.29) is 11.8 Å². The maximum atomic E-state index is 11.9. The number of hydrogen-bond acceptors (Lipinski definition) is 2. The van der Waals surface area contributed by atoms with Crippen LogP contribution in [0.1, 0.15) is 31.7 Å². The third-order valence-corrected chi connectivity index (χ3v) is 3.24. The first-order chi connectivity index (χ1) is 9.24. The molecule has 0 aliphatic rings. The van der Waals surface area contributed by atoms with Gasteiger partial charge in [-0.05, 0) is 38.4 Å². The minimum absolute atomic E-state index is 0.0414. The predicted octanol–water partition coefficient (Wildman–Crippen LogP) is 2.37. The lowest BCUT2D eigenvalue weighted by molar-refractivity contribution is -0.124. The monoisotopic (exact) mass is 262 g/mol. The molecular formula is C16H26N2O. The third kappa shape index (κ3) is 6.97. The summed E-state index contributed by atoms with van der Waals surface area (Å²) in [5.41, 5.74) is 1.22. The van der Waals surface area contributed by atoms with E-state index in [0.717, 1.165) is 32.4 Å². The summed E-state index contributed by atoms with van der Waals surface area (Å²) in [4.78, 5) is 11.9. The van der Waals surface area contributed by atoms with Gasteiger partial charge in [-0.25, -0.2) is 0 Å². The van der Waals surface area contributed by atoms with Gasteiger partial charge in [0.25, 0.3) is 0 Å². The van der Waals surface area contributed by atoms with Gasteiger partial charge in [0, 0.05) is 12.5 Å². The number of carbonyl (C=O) groups excluding carboxylic acids is 1. The van der Waals surface area contributed by atoms with Gasteiger partial charge in [0.15, 0.2) is 0 Å². The highest BCUT2D eigenvalue weighted by molar-refractivity contribution is 5.78. The van der Waals surface area contributed by atoms with Gasteiger partial charge in [0.05, 0.1) is 0 Å². The molecule has 0 unspecified atom stereocenters. The fraction of sp³-hybridized carbons (Fsp3) is 0.562. The van der Waals surface area contributed by atoms with Crippen molar-refractivity contribution in [2.75, 3.05) is 20.1 Å². The first-order valence-electron chi connectivity index (χ1n) is 7.20. The highest BCUT2D eigenvalue weighted by Gasteiger charge is 2.12. The van der Waals surface area contributed by atoms with Crippen LogP contribution in [0.25, 0.3) is 0 Å². The van der Waals surface area contributed by atoms with Crippen LogP contribution in [0.15, 0.2) is 30.3 Å². The Morgan fingerprint density at radius 2 is 1.79 bits per heavy atom. The van der Waals surface area contributed by atoms with Crippen molar-refractivity contribution >= 4 is 5.91 Å². The average molecular weight is 262 g/mol. The summed E-state index contributed by atoms with van der Waals surface area (Å²) in [5, 5.41) is 6.15. The zero-order valence-electron chi connectivity index (χ0n) is 12.1. The molecule has 0 saturated heterocycles. The van der Waals surface area contributed by atoms with E-state index >= 15 is 0 Å². The van der Waals surface area contributed by atoms with Crippen LogP contribution in [-0.2, 0) is 11.2 Å². The maximum Gasteiger partial charge on any atom is 0.223 e. The summed E-state index contributed by atoms with van der Waals surface area (Å²) in [7, 11) is 1.97. The second-order valence-corrected chi connectivity index (χ2v) is 5.05. The standard InChI is InChI=1S/C16H26N2O/c1-14(13-15-9-5-3-6-10-15)16(19)18-12-8-4-7-11-17-2/h3,5-6,9-10,14,17H,4,7-8,11-13H2,1-2H3,(H,18,19)/t14-/m1/s1. The second kappa shape index (κ2) is 9.56. The summed E-state index contributed by atoms with van der Waals surface area (Å²) in [5.74, 6) is 0.206. The van der Waals surface area contributed by atoms with Crippen LogP contribution in [0.5, 0.6) is 0 Å². The highest BCUT2D eigenvalue weighted by Crippen LogP contribution is 2.08. The molecule has 1 atom stereocenters. The van der Waals surface area contributed by atoms with Crippen LogP contribution in [0.3, 0.4) is 0 Å². The van der Waals surface area contributed by atoms with Gasteiger partial charge >= 0.3 is 0 Å². The maximum absolute atomic E-state index is 11.9. The lowest BCUT2D eigenvalue weighted by Crippen LogP contribution is -2.31. The minimum Gasteiger partial charge on any atom is -0.356 e. The lowest BCUT2D eigenvalue weighted by Gasteiger charge is -2.12. The van der Waals surface area contributed by atoms with Gasteiger partial charge in [0.2, 0.25) is 5.91 Å². The lowest BCUT2D eigenvalue weighted by atomic mass is 10.0. The molecule has 1 rings (SSSR count). The van der Waals surface area contributed by atoms with Crippen molar-refractivity contribution in [3.8, 4) is 0 Å². The number of amides is 1.